The molecule has 0 spiro atoms. The van der Waals surface area contributed by atoms with Gasteiger partial charge in [-0.2, -0.15) is 5.26 Å². The van der Waals surface area contributed by atoms with Gasteiger partial charge in [0.25, 0.3) is 0 Å². The van der Waals surface area contributed by atoms with Crippen LogP contribution in [-0.4, -0.2) is 32.9 Å². The number of imidazole rings is 1. The van der Waals surface area contributed by atoms with Gasteiger partial charge >= 0.3 is 0 Å². The number of hydrogen-bond donors (Lipinski definition) is 1. The van der Waals surface area contributed by atoms with Crippen molar-refractivity contribution in [3.8, 4) is 17.5 Å². The summed E-state index contributed by atoms with van der Waals surface area (Å²) in [6.45, 7) is 3.02. The van der Waals surface area contributed by atoms with Gasteiger partial charge in [0.05, 0.1) is 23.1 Å². The molecule has 0 amide bonds. The van der Waals surface area contributed by atoms with E-state index in [1.165, 1.54) is 5.56 Å². The van der Waals surface area contributed by atoms with Crippen molar-refractivity contribution in [2.45, 2.75) is 19.8 Å². The van der Waals surface area contributed by atoms with Crippen molar-refractivity contribution in [1.29, 1.82) is 5.26 Å². The van der Waals surface area contributed by atoms with E-state index in [0.29, 0.717) is 10.2 Å². The van der Waals surface area contributed by atoms with E-state index < -0.39 is 0 Å². The van der Waals surface area contributed by atoms with Crippen LogP contribution in [0.3, 0.4) is 0 Å². The summed E-state index contributed by atoms with van der Waals surface area (Å²) in [6.07, 6.45) is 12.0. The van der Waals surface area contributed by atoms with Crippen LogP contribution in [0, 0.1) is 16.0 Å². The van der Waals surface area contributed by atoms with E-state index in [0.717, 1.165) is 47.7 Å². The number of allylic oxidation sites excluding steroid dienone is 2. The van der Waals surface area contributed by atoms with E-state index in [9.17, 15) is 5.26 Å². The third-order valence-electron chi connectivity index (χ3n) is 5.12. The standard InChI is InChI=1S/C22H21N5S/c1-3-15-8-10-27-20(14-24-21(27)11-15)18-12-16(17(13-23)22(28)25-18)19-7-5-4-6-9-26(19)2/h4-5,7-8,10-12,14H,3,6,9H2,1-2H3,(H,25,28). The lowest BCUT2D eigenvalue weighted by atomic mass is 10.0. The summed E-state index contributed by atoms with van der Waals surface area (Å²) < 4.78 is 2.48. The van der Waals surface area contributed by atoms with Gasteiger partial charge in [-0.05, 0) is 42.7 Å². The Bertz CT molecular complexity index is 1210. The summed E-state index contributed by atoms with van der Waals surface area (Å²) in [5.74, 6) is 0. The average molecular weight is 388 g/mol. The van der Waals surface area contributed by atoms with Crippen LogP contribution in [0.4, 0.5) is 0 Å². The number of H-pyrrole nitrogens is 1. The first-order valence-electron chi connectivity index (χ1n) is 9.34. The minimum atomic E-state index is 0.442. The van der Waals surface area contributed by atoms with Gasteiger partial charge in [-0.3, -0.25) is 4.40 Å². The van der Waals surface area contributed by atoms with Crippen molar-refractivity contribution in [3.63, 3.8) is 0 Å². The Morgan fingerprint density at radius 2 is 2.21 bits per heavy atom. The lowest BCUT2D eigenvalue weighted by Crippen LogP contribution is -2.18. The van der Waals surface area contributed by atoms with Crippen molar-refractivity contribution in [3.05, 3.63) is 70.2 Å². The fourth-order valence-corrected chi connectivity index (χ4v) is 3.78. The predicted molar refractivity (Wildman–Crippen MR) is 114 cm³/mol. The van der Waals surface area contributed by atoms with Crippen LogP contribution in [0.25, 0.3) is 22.7 Å². The van der Waals surface area contributed by atoms with Crippen LogP contribution in [0.1, 0.15) is 30.0 Å². The Labute approximate surface area is 169 Å². The highest BCUT2D eigenvalue weighted by Gasteiger charge is 2.17. The van der Waals surface area contributed by atoms with Gasteiger partial charge in [-0.1, -0.05) is 31.3 Å². The molecule has 140 valence electrons. The highest BCUT2D eigenvalue weighted by molar-refractivity contribution is 7.71. The quantitative estimate of drug-likeness (QED) is 0.660. The number of aromatic amines is 1. The van der Waals surface area contributed by atoms with Crippen molar-refractivity contribution < 1.29 is 0 Å². The van der Waals surface area contributed by atoms with E-state index in [-0.39, 0.29) is 0 Å². The van der Waals surface area contributed by atoms with Crippen molar-refractivity contribution in [2.24, 2.45) is 0 Å². The summed E-state index contributed by atoms with van der Waals surface area (Å²) in [5, 5.41) is 9.72. The second-order valence-corrected chi connectivity index (χ2v) is 7.27. The molecule has 3 aromatic rings. The molecule has 4 rings (SSSR count). The molecule has 0 bridgehead atoms. The Hall–Kier alpha value is -3.17. The Morgan fingerprint density at radius 1 is 1.36 bits per heavy atom. The van der Waals surface area contributed by atoms with E-state index >= 15 is 0 Å². The molecule has 0 fully saturated rings. The maximum absolute atomic E-state index is 9.72. The highest BCUT2D eigenvalue weighted by Crippen LogP contribution is 2.29. The molecule has 1 aliphatic rings. The summed E-state index contributed by atoms with van der Waals surface area (Å²) >= 11 is 5.53. The molecule has 0 saturated heterocycles. The lowest BCUT2D eigenvalue weighted by Gasteiger charge is -2.22. The monoisotopic (exact) mass is 387 g/mol. The first kappa shape index (κ1) is 18.2. The molecule has 1 aliphatic heterocycles. The maximum Gasteiger partial charge on any atom is 0.137 e. The molecule has 0 saturated carbocycles. The summed E-state index contributed by atoms with van der Waals surface area (Å²) in [7, 11) is 2.04. The molecular weight excluding hydrogens is 366 g/mol. The van der Waals surface area contributed by atoms with Crippen LogP contribution in [0.5, 0.6) is 0 Å². The molecule has 3 aromatic heterocycles. The van der Waals surface area contributed by atoms with Crippen LogP contribution in [-0.2, 0) is 6.42 Å². The van der Waals surface area contributed by atoms with Crippen LogP contribution >= 0.6 is 12.2 Å². The third kappa shape index (κ3) is 3.14. The largest absolute Gasteiger partial charge is 0.374 e. The minimum absolute atomic E-state index is 0.442. The maximum atomic E-state index is 9.72. The zero-order chi connectivity index (χ0) is 19.7. The fraction of sp³-hybridized carbons (Fsp3) is 0.227. The second-order valence-electron chi connectivity index (χ2n) is 6.86. The molecule has 1 N–H and O–H groups in total. The zero-order valence-corrected chi connectivity index (χ0v) is 16.8. The van der Waals surface area contributed by atoms with Gasteiger partial charge in [0.15, 0.2) is 0 Å². The molecule has 4 heterocycles. The third-order valence-corrected chi connectivity index (χ3v) is 5.42. The highest BCUT2D eigenvalue weighted by atomic mass is 32.1. The number of nitrogens with zero attached hydrogens (tertiary/aromatic N) is 4. The van der Waals surface area contributed by atoms with Crippen molar-refractivity contribution in [2.75, 3.05) is 13.6 Å². The first-order valence-corrected chi connectivity index (χ1v) is 9.75. The Morgan fingerprint density at radius 3 is 3.00 bits per heavy atom. The van der Waals surface area contributed by atoms with Crippen LogP contribution < -0.4 is 0 Å². The molecule has 0 atom stereocenters. The number of nitrogens with one attached hydrogen (secondary N) is 1. The van der Waals surface area contributed by atoms with Crippen molar-refractivity contribution >= 4 is 23.6 Å². The number of aryl methyl sites for hydroxylation is 1. The van der Waals surface area contributed by atoms with Gasteiger partial charge in [0, 0.05) is 31.0 Å². The molecule has 0 radical (unpaired) electrons. The van der Waals surface area contributed by atoms with Gasteiger partial charge in [0.1, 0.15) is 16.4 Å². The summed E-state index contributed by atoms with van der Waals surface area (Å²) in [4.78, 5) is 9.95. The molecule has 0 aliphatic carbocycles. The second kappa shape index (κ2) is 7.45. The van der Waals surface area contributed by atoms with E-state index in [2.05, 4.69) is 46.1 Å². The van der Waals surface area contributed by atoms with Gasteiger partial charge in [-0.15, -0.1) is 0 Å². The average Bonchev–Trinajstić information content (AvgIpc) is 3.01. The molecule has 5 nitrogen and oxygen atoms in total. The Balaban J connectivity index is 1.92. The smallest absolute Gasteiger partial charge is 0.137 e. The fourth-order valence-electron chi connectivity index (χ4n) is 3.52. The van der Waals surface area contributed by atoms with E-state index in [1.807, 2.05) is 42.1 Å². The normalized spacial score (nSPS) is 14.0. The van der Waals surface area contributed by atoms with Crippen molar-refractivity contribution in [1.82, 2.24) is 19.3 Å². The number of rotatable bonds is 3. The van der Waals surface area contributed by atoms with Gasteiger partial charge < -0.3 is 9.88 Å². The summed E-state index contributed by atoms with van der Waals surface area (Å²) in [6, 6.07) is 8.48. The van der Waals surface area contributed by atoms with E-state index in [4.69, 9.17) is 12.2 Å². The number of nitriles is 1. The molecule has 6 heteroatoms. The first-order chi connectivity index (χ1) is 13.6. The molecule has 0 unspecified atom stereocenters. The lowest BCUT2D eigenvalue weighted by molar-refractivity contribution is 0.491. The number of pyridine rings is 2. The van der Waals surface area contributed by atoms with Gasteiger partial charge in [-0.25, -0.2) is 4.98 Å². The van der Waals surface area contributed by atoms with E-state index in [1.54, 1.807) is 0 Å². The minimum Gasteiger partial charge on any atom is -0.374 e. The number of aromatic nitrogens is 3. The number of fused-ring (bicyclic) bond motifs is 1. The molecule has 28 heavy (non-hydrogen) atoms. The van der Waals surface area contributed by atoms with Gasteiger partial charge in [0.2, 0.25) is 0 Å². The van der Waals surface area contributed by atoms with Crippen LogP contribution in [0.15, 0.2) is 48.8 Å². The van der Waals surface area contributed by atoms with Crippen LogP contribution in [0.2, 0.25) is 0 Å². The Kier molecular flexibility index (Phi) is 4.84. The topological polar surface area (TPSA) is 60.1 Å². The summed E-state index contributed by atoms with van der Waals surface area (Å²) in [5.41, 5.74) is 6.24. The number of hydrogen-bond acceptors (Lipinski definition) is 4. The molecule has 0 aromatic carbocycles. The zero-order valence-electron chi connectivity index (χ0n) is 15.9. The SMILES string of the molecule is CCc1ccn2c(-c3cc(C4=CC=CCCN4C)c(C#N)c(=S)[nH]3)cnc2c1. The molecular formula is C22H21N5S. The predicted octanol–water partition coefficient (Wildman–Crippen LogP) is 4.73.